The average Bonchev–Trinajstić information content (AvgIpc) is 2.31. The Morgan fingerprint density at radius 2 is 1.94 bits per heavy atom. The summed E-state index contributed by atoms with van der Waals surface area (Å²) < 4.78 is 16.0. The van der Waals surface area contributed by atoms with Crippen molar-refractivity contribution in [1.82, 2.24) is 0 Å². The smallest absolute Gasteiger partial charge is 0.189 e. The molecule has 0 saturated carbocycles. The lowest BCUT2D eigenvalue weighted by Crippen LogP contribution is -2.10. The third kappa shape index (κ3) is 4.20. The van der Waals surface area contributed by atoms with Crippen molar-refractivity contribution in [3.8, 4) is 11.5 Å². The summed E-state index contributed by atoms with van der Waals surface area (Å²) in [6, 6.07) is 5.34. The molecule has 1 rings (SSSR count). The lowest BCUT2D eigenvalue weighted by molar-refractivity contribution is 0.0206. The molecular weight excluding hydrogens is 238 g/mol. The highest BCUT2D eigenvalue weighted by molar-refractivity contribution is 7.80. The Balaban J connectivity index is 2.83. The summed E-state index contributed by atoms with van der Waals surface area (Å²) in [5.41, 5.74) is 6.32. The van der Waals surface area contributed by atoms with E-state index in [1.165, 1.54) is 0 Å². The summed E-state index contributed by atoms with van der Waals surface area (Å²) in [4.78, 5) is 0.335. The Morgan fingerprint density at radius 3 is 2.53 bits per heavy atom. The van der Waals surface area contributed by atoms with E-state index in [4.69, 9.17) is 32.2 Å². The van der Waals surface area contributed by atoms with Gasteiger partial charge in [0.25, 0.3) is 0 Å². The van der Waals surface area contributed by atoms with Gasteiger partial charge in [-0.05, 0) is 32.0 Å². The zero-order chi connectivity index (χ0) is 12.7. The van der Waals surface area contributed by atoms with Crippen LogP contribution in [0.2, 0.25) is 0 Å². The van der Waals surface area contributed by atoms with Gasteiger partial charge in [0, 0.05) is 12.2 Å². The van der Waals surface area contributed by atoms with Gasteiger partial charge in [-0.2, -0.15) is 0 Å². The fraction of sp³-hybridized carbons (Fsp3) is 0.417. The van der Waals surface area contributed by atoms with Crippen molar-refractivity contribution in [3.63, 3.8) is 0 Å². The molecule has 0 aromatic heterocycles. The summed E-state index contributed by atoms with van der Waals surface area (Å²) in [5, 5.41) is 0. The molecule has 0 aliphatic carbocycles. The first-order chi connectivity index (χ1) is 8.19. The lowest BCUT2D eigenvalue weighted by Gasteiger charge is -2.12. The molecule has 0 spiro atoms. The molecule has 0 amide bonds. The van der Waals surface area contributed by atoms with Crippen LogP contribution in [-0.2, 0) is 4.74 Å². The minimum Gasteiger partial charge on any atom is -0.490 e. The van der Waals surface area contributed by atoms with Gasteiger partial charge < -0.3 is 19.9 Å². The Morgan fingerprint density at radius 1 is 1.18 bits per heavy atom. The monoisotopic (exact) mass is 255 g/mol. The molecule has 0 heterocycles. The van der Waals surface area contributed by atoms with Crippen LogP contribution in [0.3, 0.4) is 0 Å². The molecule has 5 heteroatoms. The molecule has 0 saturated heterocycles. The highest BCUT2D eigenvalue weighted by Gasteiger charge is 2.07. The van der Waals surface area contributed by atoms with Crippen molar-refractivity contribution < 1.29 is 14.2 Å². The molecule has 17 heavy (non-hydrogen) atoms. The molecule has 0 bridgehead atoms. The van der Waals surface area contributed by atoms with Crippen molar-refractivity contribution >= 4 is 17.2 Å². The summed E-state index contributed by atoms with van der Waals surface area (Å²) >= 11 is 4.91. The van der Waals surface area contributed by atoms with E-state index < -0.39 is 0 Å². The van der Waals surface area contributed by atoms with Gasteiger partial charge in [0.2, 0.25) is 0 Å². The van der Waals surface area contributed by atoms with Crippen LogP contribution in [0.1, 0.15) is 19.4 Å². The second kappa shape index (κ2) is 7.09. The van der Waals surface area contributed by atoms with E-state index in [2.05, 4.69) is 0 Å². The standard InChI is InChI=1S/C12H17NO3S/c1-3-14-8-16-10-6-5-9(12(13)17)7-11(10)15-4-2/h5-7H,3-4,8H2,1-2H3,(H2,13,17). The van der Waals surface area contributed by atoms with Crippen LogP contribution in [0.25, 0.3) is 0 Å². The largest absolute Gasteiger partial charge is 0.490 e. The quantitative estimate of drug-likeness (QED) is 0.459. The molecule has 0 fully saturated rings. The molecule has 1 aromatic carbocycles. The van der Waals surface area contributed by atoms with Crippen molar-refractivity contribution in [2.24, 2.45) is 5.73 Å². The highest BCUT2D eigenvalue weighted by atomic mass is 32.1. The maximum absolute atomic E-state index is 5.56. The van der Waals surface area contributed by atoms with Crippen LogP contribution in [0.4, 0.5) is 0 Å². The Hall–Kier alpha value is -1.33. The van der Waals surface area contributed by atoms with Gasteiger partial charge >= 0.3 is 0 Å². The molecule has 0 unspecified atom stereocenters. The Labute approximate surface area is 107 Å². The molecule has 94 valence electrons. The molecular formula is C12H17NO3S. The SMILES string of the molecule is CCOCOc1ccc(C(N)=S)cc1OCC. The molecule has 2 N–H and O–H groups in total. The third-order valence-corrected chi connectivity index (χ3v) is 2.27. The average molecular weight is 255 g/mol. The van der Waals surface area contributed by atoms with Crippen molar-refractivity contribution in [3.05, 3.63) is 23.8 Å². The Kier molecular flexibility index (Phi) is 5.72. The summed E-state index contributed by atoms with van der Waals surface area (Å²) in [5.74, 6) is 1.25. The maximum atomic E-state index is 5.56. The second-order valence-electron chi connectivity index (χ2n) is 3.21. The molecule has 4 nitrogen and oxygen atoms in total. The molecule has 0 radical (unpaired) electrons. The summed E-state index contributed by atoms with van der Waals surface area (Å²) in [6.45, 7) is 5.16. The first-order valence-corrected chi connectivity index (χ1v) is 5.87. The van der Waals surface area contributed by atoms with Crippen molar-refractivity contribution in [1.29, 1.82) is 0 Å². The van der Waals surface area contributed by atoms with Crippen LogP contribution in [0, 0.1) is 0 Å². The maximum Gasteiger partial charge on any atom is 0.189 e. The minimum atomic E-state index is 0.197. The normalized spacial score (nSPS) is 10.0. The zero-order valence-corrected chi connectivity index (χ0v) is 10.9. The first-order valence-electron chi connectivity index (χ1n) is 5.46. The van der Waals surface area contributed by atoms with Gasteiger partial charge in [-0.15, -0.1) is 0 Å². The van der Waals surface area contributed by atoms with E-state index in [-0.39, 0.29) is 6.79 Å². The molecule has 0 aliphatic heterocycles. The number of benzene rings is 1. The lowest BCUT2D eigenvalue weighted by atomic mass is 10.2. The van der Waals surface area contributed by atoms with Gasteiger partial charge in [-0.3, -0.25) is 0 Å². The highest BCUT2D eigenvalue weighted by Crippen LogP contribution is 2.28. The van der Waals surface area contributed by atoms with Gasteiger partial charge in [-0.25, -0.2) is 0 Å². The van der Waals surface area contributed by atoms with Gasteiger partial charge in [0.15, 0.2) is 18.3 Å². The molecule has 0 aliphatic rings. The van der Waals surface area contributed by atoms with Crippen LogP contribution < -0.4 is 15.2 Å². The Bertz CT molecular complexity index is 382. The predicted molar refractivity (Wildman–Crippen MR) is 70.6 cm³/mol. The third-order valence-electron chi connectivity index (χ3n) is 2.03. The van der Waals surface area contributed by atoms with Crippen LogP contribution >= 0.6 is 12.2 Å². The number of hydrogen-bond donors (Lipinski definition) is 1. The van der Waals surface area contributed by atoms with E-state index in [1.807, 2.05) is 13.8 Å². The van der Waals surface area contributed by atoms with E-state index in [1.54, 1.807) is 18.2 Å². The predicted octanol–water partition coefficient (Wildman–Crippen LogP) is 2.09. The second-order valence-corrected chi connectivity index (χ2v) is 3.65. The van der Waals surface area contributed by atoms with E-state index in [9.17, 15) is 0 Å². The molecule has 0 atom stereocenters. The zero-order valence-electron chi connectivity index (χ0n) is 10.1. The fourth-order valence-electron chi connectivity index (χ4n) is 1.24. The van der Waals surface area contributed by atoms with Gasteiger partial charge in [0.05, 0.1) is 6.61 Å². The number of ether oxygens (including phenoxy) is 3. The summed E-state index contributed by atoms with van der Waals surface area (Å²) in [7, 11) is 0. The number of rotatable bonds is 7. The van der Waals surface area contributed by atoms with E-state index in [0.717, 1.165) is 5.56 Å². The van der Waals surface area contributed by atoms with Gasteiger partial charge in [-0.1, -0.05) is 12.2 Å². The van der Waals surface area contributed by atoms with Crippen LogP contribution in [0.5, 0.6) is 11.5 Å². The topological polar surface area (TPSA) is 53.7 Å². The fourth-order valence-corrected chi connectivity index (χ4v) is 1.36. The van der Waals surface area contributed by atoms with Crippen LogP contribution in [-0.4, -0.2) is 25.0 Å². The number of nitrogens with two attached hydrogens (primary N) is 1. The van der Waals surface area contributed by atoms with E-state index >= 15 is 0 Å². The molecule has 1 aromatic rings. The van der Waals surface area contributed by atoms with Crippen LogP contribution in [0.15, 0.2) is 18.2 Å². The van der Waals surface area contributed by atoms with E-state index in [0.29, 0.717) is 29.7 Å². The van der Waals surface area contributed by atoms with Gasteiger partial charge in [0.1, 0.15) is 4.99 Å². The number of hydrogen-bond acceptors (Lipinski definition) is 4. The van der Waals surface area contributed by atoms with Crippen molar-refractivity contribution in [2.75, 3.05) is 20.0 Å². The summed E-state index contributed by atoms with van der Waals surface area (Å²) in [6.07, 6.45) is 0. The minimum absolute atomic E-state index is 0.197. The number of thiocarbonyl (C=S) groups is 1. The first kappa shape index (κ1) is 13.7. The van der Waals surface area contributed by atoms with Crippen molar-refractivity contribution in [2.45, 2.75) is 13.8 Å².